The van der Waals surface area contributed by atoms with Crippen molar-refractivity contribution in [2.45, 2.75) is 37.8 Å². The van der Waals surface area contributed by atoms with E-state index in [4.69, 9.17) is 10.5 Å². The lowest BCUT2D eigenvalue weighted by molar-refractivity contribution is 0.0985. The number of nitrogens with two attached hydrogens (primary N) is 1. The fourth-order valence-electron chi connectivity index (χ4n) is 1.29. The highest BCUT2D eigenvalue weighted by Crippen LogP contribution is 2.16. The topological polar surface area (TPSA) is 35.2 Å². The highest BCUT2D eigenvalue weighted by atomic mass is 16.5. The average molecular weight is 142 g/mol. The Morgan fingerprint density at radius 1 is 1.70 bits per heavy atom. The molecule has 0 aromatic heterocycles. The molecule has 2 nitrogen and oxygen atoms in total. The van der Waals surface area contributed by atoms with Crippen molar-refractivity contribution in [3.8, 4) is 0 Å². The molecule has 59 valence electrons. The van der Waals surface area contributed by atoms with E-state index >= 15 is 0 Å². The van der Waals surface area contributed by atoms with Crippen molar-refractivity contribution in [2.24, 2.45) is 5.73 Å². The summed E-state index contributed by atoms with van der Waals surface area (Å²) in [5, 5.41) is 0. The molecule has 0 aliphatic carbocycles. The molecular weight excluding hydrogens is 126 g/mol. The maximum absolute atomic E-state index is 5.71. The molecule has 1 saturated heterocycles. The van der Waals surface area contributed by atoms with Crippen molar-refractivity contribution in [3.63, 3.8) is 0 Å². The summed E-state index contributed by atoms with van der Waals surface area (Å²) in [6.07, 6.45) is 4.63. The van der Waals surface area contributed by atoms with Gasteiger partial charge in [-0.05, 0) is 25.7 Å². The quantitative estimate of drug-likeness (QED) is 0.640. The molecular formula is C8H16NO. The molecule has 2 unspecified atom stereocenters. The van der Waals surface area contributed by atoms with Crippen molar-refractivity contribution in [3.05, 3.63) is 6.92 Å². The van der Waals surface area contributed by atoms with Crippen LogP contribution in [0.15, 0.2) is 0 Å². The molecule has 1 radical (unpaired) electrons. The van der Waals surface area contributed by atoms with Crippen LogP contribution in [0.4, 0.5) is 0 Å². The normalized spacial score (nSPS) is 28.8. The summed E-state index contributed by atoms with van der Waals surface area (Å²) in [6, 6.07) is 0.239. The zero-order valence-electron chi connectivity index (χ0n) is 6.38. The second-order valence-corrected chi connectivity index (χ2v) is 2.92. The van der Waals surface area contributed by atoms with Crippen molar-refractivity contribution in [1.82, 2.24) is 0 Å². The van der Waals surface area contributed by atoms with Crippen molar-refractivity contribution in [2.75, 3.05) is 6.61 Å². The van der Waals surface area contributed by atoms with E-state index in [1.165, 1.54) is 12.8 Å². The number of rotatable bonds is 3. The summed E-state index contributed by atoms with van der Waals surface area (Å²) in [7, 11) is 0. The van der Waals surface area contributed by atoms with E-state index in [0.717, 1.165) is 19.4 Å². The van der Waals surface area contributed by atoms with Gasteiger partial charge >= 0.3 is 0 Å². The van der Waals surface area contributed by atoms with Crippen molar-refractivity contribution >= 4 is 0 Å². The van der Waals surface area contributed by atoms with Gasteiger partial charge in [-0.2, -0.15) is 0 Å². The lowest BCUT2D eigenvalue weighted by Crippen LogP contribution is -2.24. The number of hydrogen-bond donors (Lipinski definition) is 1. The predicted molar refractivity (Wildman–Crippen MR) is 41.5 cm³/mol. The molecule has 10 heavy (non-hydrogen) atoms. The lowest BCUT2D eigenvalue weighted by atomic mass is 10.1. The van der Waals surface area contributed by atoms with Gasteiger partial charge in [0, 0.05) is 12.6 Å². The van der Waals surface area contributed by atoms with Crippen LogP contribution in [0, 0.1) is 6.92 Å². The minimum atomic E-state index is 0.239. The first-order chi connectivity index (χ1) is 4.83. The van der Waals surface area contributed by atoms with Gasteiger partial charge < -0.3 is 10.5 Å². The molecule has 0 saturated carbocycles. The van der Waals surface area contributed by atoms with E-state index in [-0.39, 0.29) is 6.04 Å². The van der Waals surface area contributed by atoms with E-state index in [1.807, 2.05) is 0 Å². The largest absolute Gasteiger partial charge is 0.378 e. The van der Waals surface area contributed by atoms with Gasteiger partial charge in [-0.3, -0.25) is 0 Å². The smallest absolute Gasteiger partial charge is 0.0590 e. The highest BCUT2D eigenvalue weighted by molar-refractivity contribution is 4.72. The van der Waals surface area contributed by atoms with Gasteiger partial charge in [0.1, 0.15) is 0 Å². The molecule has 2 N–H and O–H groups in total. The minimum absolute atomic E-state index is 0.239. The van der Waals surface area contributed by atoms with E-state index < -0.39 is 0 Å². The molecule has 0 aromatic carbocycles. The first-order valence-electron chi connectivity index (χ1n) is 3.99. The molecule has 1 fully saturated rings. The maximum Gasteiger partial charge on any atom is 0.0590 e. The van der Waals surface area contributed by atoms with E-state index in [1.54, 1.807) is 0 Å². The van der Waals surface area contributed by atoms with Gasteiger partial charge in [0.2, 0.25) is 0 Å². The Balaban J connectivity index is 2.11. The van der Waals surface area contributed by atoms with Gasteiger partial charge in [0.25, 0.3) is 0 Å². The summed E-state index contributed by atoms with van der Waals surface area (Å²) in [4.78, 5) is 0. The zero-order chi connectivity index (χ0) is 7.40. The summed E-state index contributed by atoms with van der Waals surface area (Å²) < 4.78 is 5.42. The van der Waals surface area contributed by atoms with Crippen LogP contribution in [-0.4, -0.2) is 18.8 Å². The van der Waals surface area contributed by atoms with Crippen LogP contribution in [0.3, 0.4) is 0 Å². The second kappa shape index (κ2) is 3.94. The molecule has 2 atom stereocenters. The molecule has 2 heteroatoms. The summed E-state index contributed by atoms with van der Waals surface area (Å²) >= 11 is 0. The van der Waals surface area contributed by atoms with Gasteiger partial charge in [-0.1, -0.05) is 6.92 Å². The van der Waals surface area contributed by atoms with Crippen molar-refractivity contribution in [1.29, 1.82) is 0 Å². The Bertz CT molecular complexity index is 89.3. The predicted octanol–water partition coefficient (Wildman–Crippen LogP) is 1.11. The molecule has 1 rings (SSSR count). The number of ether oxygens (including phenoxy) is 1. The standard InChI is InChI=1S/C8H16NO/c1-2-7(9)6-8-4-3-5-10-8/h7-8H,1-6,9H2. The Kier molecular flexibility index (Phi) is 3.16. The average Bonchev–Trinajstić information content (AvgIpc) is 2.40. The second-order valence-electron chi connectivity index (χ2n) is 2.92. The summed E-state index contributed by atoms with van der Waals surface area (Å²) in [5.74, 6) is 0. The molecule has 1 heterocycles. The number of hydrogen-bond acceptors (Lipinski definition) is 2. The van der Waals surface area contributed by atoms with E-state index in [0.29, 0.717) is 6.10 Å². The van der Waals surface area contributed by atoms with Gasteiger partial charge in [0.15, 0.2) is 0 Å². The van der Waals surface area contributed by atoms with Crippen LogP contribution in [-0.2, 0) is 4.74 Å². The van der Waals surface area contributed by atoms with E-state index in [9.17, 15) is 0 Å². The molecule has 0 bridgehead atoms. The molecule has 0 spiro atoms. The molecule has 1 aliphatic rings. The van der Waals surface area contributed by atoms with Crippen LogP contribution in [0.1, 0.15) is 25.7 Å². The Morgan fingerprint density at radius 3 is 3.00 bits per heavy atom. The third-order valence-corrected chi connectivity index (χ3v) is 1.96. The Labute approximate surface area is 62.7 Å². The third-order valence-electron chi connectivity index (χ3n) is 1.96. The SMILES string of the molecule is [CH2]CC(N)CC1CCCO1. The van der Waals surface area contributed by atoms with Crippen LogP contribution >= 0.6 is 0 Å². The lowest BCUT2D eigenvalue weighted by Gasteiger charge is -2.13. The van der Waals surface area contributed by atoms with Crippen molar-refractivity contribution < 1.29 is 4.74 Å². The monoisotopic (exact) mass is 142 g/mol. The fraction of sp³-hybridized carbons (Fsp3) is 0.875. The molecule has 0 aromatic rings. The first-order valence-corrected chi connectivity index (χ1v) is 3.99. The maximum atomic E-state index is 5.71. The van der Waals surface area contributed by atoms with Crippen LogP contribution in [0.2, 0.25) is 0 Å². The summed E-state index contributed by atoms with van der Waals surface area (Å²) in [6.45, 7) is 4.67. The molecule has 0 amide bonds. The highest BCUT2D eigenvalue weighted by Gasteiger charge is 2.17. The van der Waals surface area contributed by atoms with Gasteiger partial charge in [-0.15, -0.1) is 0 Å². The van der Waals surface area contributed by atoms with Crippen LogP contribution in [0.5, 0.6) is 0 Å². The Morgan fingerprint density at radius 2 is 2.50 bits per heavy atom. The third kappa shape index (κ3) is 2.27. The van der Waals surface area contributed by atoms with E-state index in [2.05, 4.69) is 6.92 Å². The first kappa shape index (κ1) is 8.02. The van der Waals surface area contributed by atoms with Gasteiger partial charge in [-0.25, -0.2) is 0 Å². The minimum Gasteiger partial charge on any atom is -0.378 e. The van der Waals surface area contributed by atoms with Crippen LogP contribution in [0.25, 0.3) is 0 Å². The van der Waals surface area contributed by atoms with Gasteiger partial charge in [0.05, 0.1) is 6.10 Å². The fourth-order valence-corrected chi connectivity index (χ4v) is 1.29. The molecule has 1 aliphatic heterocycles. The summed E-state index contributed by atoms with van der Waals surface area (Å²) in [5.41, 5.74) is 5.71. The zero-order valence-corrected chi connectivity index (χ0v) is 6.38. The van der Waals surface area contributed by atoms with Crippen LogP contribution < -0.4 is 5.73 Å². The Hall–Kier alpha value is -0.0800.